The number of nitroso groups, excluding NO2 is 1. The molecule has 1 amide bonds. The third-order valence-corrected chi connectivity index (χ3v) is 10.4. The van der Waals surface area contributed by atoms with Crippen molar-refractivity contribution < 1.29 is 14.7 Å². The Morgan fingerprint density at radius 1 is 1.16 bits per heavy atom. The van der Waals surface area contributed by atoms with Gasteiger partial charge in [0.1, 0.15) is 0 Å². The first-order chi connectivity index (χ1) is 14.7. The number of fused-ring (bicyclic) bond motifs is 5. The summed E-state index contributed by atoms with van der Waals surface area (Å²) in [5.41, 5.74) is 1.20. The topological polar surface area (TPSA) is 83.8 Å². The van der Waals surface area contributed by atoms with E-state index in [1.54, 1.807) is 0 Å². The second-order valence-corrected chi connectivity index (χ2v) is 11.6. The van der Waals surface area contributed by atoms with Crippen molar-refractivity contribution in [3.63, 3.8) is 0 Å². The van der Waals surface area contributed by atoms with Crippen LogP contribution >= 0.6 is 0 Å². The number of carbonyl (C=O) groups is 2. The number of hydrogen-bond acceptors (Lipinski definition) is 4. The second-order valence-electron chi connectivity index (χ2n) is 11.6. The molecule has 172 valence electrons. The van der Waals surface area contributed by atoms with Gasteiger partial charge in [-0.15, -0.1) is 4.91 Å². The van der Waals surface area contributed by atoms with Gasteiger partial charge in [-0.2, -0.15) is 0 Å². The SMILES string of the molecule is C/C=C1/C(=O)C2C(CC[C@]3(C)C(C(C)CCC(=O)N=O)CCC23)C2(C)CC[C@@H](O)CC12. The van der Waals surface area contributed by atoms with Crippen molar-refractivity contribution in [2.45, 2.75) is 91.6 Å². The molecule has 0 aromatic heterocycles. The number of allylic oxidation sites excluding steroid dienone is 2. The molecule has 4 fully saturated rings. The van der Waals surface area contributed by atoms with Crippen molar-refractivity contribution in [3.8, 4) is 0 Å². The highest BCUT2D eigenvalue weighted by molar-refractivity contribution is 5.99. The Kier molecular flexibility index (Phi) is 6.04. The highest BCUT2D eigenvalue weighted by Crippen LogP contribution is 2.68. The highest BCUT2D eigenvalue weighted by Gasteiger charge is 2.64. The van der Waals surface area contributed by atoms with E-state index >= 15 is 0 Å². The minimum Gasteiger partial charge on any atom is -0.393 e. The number of rotatable bonds is 4. The van der Waals surface area contributed by atoms with Gasteiger partial charge in [-0.3, -0.25) is 9.59 Å². The number of ketones is 1. The molecule has 4 aliphatic carbocycles. The maximum atomic E-state index is 13.9. The van der Waals surface area contributed by atoms with Crippen LogP contribution in [-0.2, 0) is 9.59 Å². The summed E-state index contributed by atoms with van der Waals surface area (Å²) in [7, 11) is 0. The third-order valence-electron chi connectivity index (χ3n) is 10.4. The van der Waals surface area contributed by atoms with E-state index in [1.807, 2.05) is 13.0 Å². The van der Waals surface area contributed by atoms with Crippen LogP contribution in [-0.4, -0.2) is 22.9 Å². The summed E-state index contributed by atoms with van der Waals surface area (Å²) in [5.74, 6) is 1.74. The van der Waals surface area contributed by atoms with E-state index in [2.05, 4.69) is 25.9 Å². The van der Waals surface area contributed by atoms with E-state index < -0.39 is 5.91 Å². The lowest BCUT2D eigenvalue weighted by Gasteiger charge is -2.61. The number of amides is 1. The molecule has 0 spiro atoms. The van der Waals surface area contributed by atoms with Gasteiger partial charge in [0.25, 0.3) is 5.91 Å². The lowest BCUT2D eigenvalue weighted by molar-refractivity contribution is -0.150. The molecular weight excluding hydrogens is 390 g/mol. The van der Waals surface area contributed by atoms with Crippen LogP contribution in [0.15, 0.2) is 16.8 Å². The van der Waals surface area contributed by atoms with Crippen LogP contribution in [0, 0.1) is 51.2 Å². The molecule has 0 saturated heterocycles. The highest BCUT2D eigenvalue weighted by atomic mass is 16.3. The van der Waals surface area contributed by atoms with Crippen molar-refractivity contribution in [1.82, 2.24) is 0 Å². The van der Waals surface area contributed by atoms with Crippen molar-refractivity contribution in [2.75, 3.05) is 0 Å². The van der Waals surface area contributed by atoms with Gasteiger partial charge in [-0.25, -0.2) is 0 Å². The fourth-order valence-corrected chi connectivity index (χ4v) is 8.76. The molecule has 5 heteroatoms. The number of Topliss-reactive ketones (excluding diaryl/α,β-unsaturated/α-hetero) is 1. The van der Waals surface area contributed by atoms with Crippen LogP contribution in [0.25, 0.3) is 0 Å². The molecule has 0 radical (unpaired) electrons. The van der Waals surface area contributed by atoms with Crippen molar-refractivity contribution in [2.24, 2.45) is 51.5 Å². The standard InChI is InChI=1S/C26H39NO4/c1-5-17-21-14-16(28)10-12-26(21,4)20-11-13-25(3)18(15(2)6-9-22(29)27-31)7-8-19(25)23(20)24(17)30/h5,15-16,18-21,23,28H,6-14H2,1-4H3/b17-5+/t15?,16-,18?,19?,20?,21?,23?,25-,26?/m1/s1. The Morgan fingerprint density at radius 2 is 1.84 bits per heavy atom. The van der Waals surface area contributed by atoms with Gasteiger partial charge in [0.15, 0.2) is 5.78 Å². The zero-order chi connectivity index (χ0) is 22.6. The molecule has 4 aliphatic rings. The van der Waals surface area contributed by atoms with E-state index in [0.717, 1.165) is 50.5 Å². The molecule has 4 saturated carbocycles. The predicted octanol–water partition coefficient (Wildman–Crippen LogP) is 5.45. The van der Waals surface area contributed by atoms with Gasteiger partial charge in [-0.1, -0.05) is 26.8 Å². The third kappa shape index (κ3) is 3.46. The molecule has 0 aliphatic heterocycles. The number of nitrogens with zero attached hydrogens (tertiary/aromatic N) is 1. The first-order valence-electron chi connectivity index (χ1n) is 12.4. The molecule has 1 N–H and O–H groups in total. The van der Waals surface area contributed by atoms with E-state index in [0.29, 0.717) is 35.9 Å². The number of aliphatic hydroxyl groups excluding tert-OH is 1. The average Bonchev–Trinajstić information content (AvgIpc) is 3.10. The second kappa shape index (κ2) is 8.20. The van der Waals surface area contributed by atoms with Crippen molar-refractivity contribution in [1.29, 1.82) is 0 Å². The van der Waals surface area contributed by atoms with E-state index in [9.17, 15) is 19.6 Å². The Hall–Kier alpha value is -1.36. The van der Waals surface area contributed by atoms with E-state index in [4.69, 9.17) is 0 Å². The normalized spacial score (nSPS) is 46.7. The van der Waals surface area contributed by atoms with Gasteiger partial charge in [0.2, 0.25) is 0 Å². The summed E-state index contributed by atoms with van der Waals surface area (Å²) < 4.78 is 0. The zero-order valence-electron chi connectivity index (χ0n) is 19.6. The van der Waals surface area contributed by atoms with Crippen molar-refractivity contribution >= 4 is 11.7 Å². The minimum atomic E-state index is -0.547. The Labute approximate surface area is 186 Å². The van der Waals surface area contributed by atoms with Crippen molar-refractivity contribution in [3.05, 3.63) is 16.6 Å². The van der Waals surface area contributed by atoms with Crippen LogP contribution in [0.5, 0.6) is 0 Å². The van der Waals surface area contributed by atoms with Gasteiger partial charge < -0.3 is 5.11 Å². The molecule has 9 atom stereocenters. The largest absolute Gasteiger partial charge is 0.393 e. The fraction of sp³-hybridized carbons (Fsp3) is 0.846. The molecule has 0 aromatic carbocycles. The predicted molar refractivity (Wildman–Crippen MR) is 120 cm³/mol. The molecule has 31 heavy (non-hydrogen) atoms. The van der Waals surface area contributed by atoms with Gasteiger partial charge in [-0.05, 0) is 104 Å². The first kappa shape index (κ1) is 22.8. The Morgan fingerprint density at radius 3 is 2.52 bits per heavy atom. The summed E-state index contributed by atoms with van der Waals surface area (Å²) in [4.78, 5) is 35.8. The first-order valence-corrected chi connectivity index (χ1v) is 12.4. The molecular formula is C26H39NO4. The minimum absolute atomic E-state index is 0.0944. The fourth-order valence-electron chi connectivity index (χ4n) is 8.76. The zero-order valence-corrected chi connectivity index (χ0v) is 19.6. The van der Waals surface area contributed by atoms with Gasteiger partial charge in [0, 0.05) is 17.5 Å². The molecule has 0 bridgehead atoms. The van der Waals surface area contributed by atoms with Crippen LogP contribution in [0.3, 0.4) is 0 Å². The molecule has 7 unspecified atom stereocenters. The summed E-state index contributed by atoms with van der Waals surface area (Å²) in [5, 5.41) is 12.9. The summed E-state index contributed by atoms with van der Waals surface area (Å²) in [6, 6.07) is 0. The quantitative estimate of drug-likeness (QED) is 0.476. The monoisotopic (exact) mass is 429 g/mol. The summed E-state index contributed by atoms with van der Waals surface area (Å²) >= 11 is 0. The maximum absolute atomic E-state index is 13.9. The van der Waals surface area contributed by atoms with E-state index in [-0.39, 0.29) is 35.2 Å². The van der Waals surface area contributed by atoms with Crippen LogP contribution in [0.1, 0.15) is 85.5 Å². The summed E-state index contributed by atoms with van der Waals surface area (Å²) in [6.45, 7) is 8.99. The number of aliphatic hydroxyl groups is 1. The van der Waals surface area contributed by atoms with Crippen LogP contribution in [0.2, 0.25) is 0 Å². The smallest absolute Gasteiger partial charge is 0.286 e. The lowest BCUT2D eigenvalue weighted by atomic mass is 9.43. The Bertz CT molecular complexity index is 790. The number of hydrogen-bond donors (Lipinski definition) is 1. The van der Waals surface area contributed by atoms with Crippen LogP contribution < -0.4 is 0 Å². The molecule has 0 heterocycles. The van der Waals surface area contributed by atoms with Crippen LogP contribution in [0.4, 0.5) is 0 Å². The average molecular weight is 430 g/mol. The van der Waals surface area contributed by atoms with Gasteiger partial charge in [0.05, 0.1) is 6.10 Å². The number of carbonyl (C=O) groups excluding carboxylic acids is 2. The van der Waals surface area contributed by atoms with E-state index in [1.165, 1.54) is 0 Å². The lowest BCUT2D eigenvalue weighted by Crippen LogP contribution is -2.58. The molecule has 5 nitrogen and oxygen atoms in total. The van der Waals surface area contributed by atoms with Gasteiger partial charge >= 0.3 is 0 Å². The molecule has 0 aromatic rings. The Balaban J connectivity index is 1.62. The summed E-state index contributed by atoms with van der Waals surface area (Å²) in [6.07, 6.45) is 9.69. The maximum Gasteiger partial charge on any atom is 0.286 e. The molecule has 4 rings (SSSR count).